The van der Waals surface area contributed by atoms with Crippen molar-refractivity contribution in [2.24, 2.45) is 23.7 Å². The third-order valence-corrected chi connectivity index (χ3v) is 6.51. The molecule has 0 spiro atoms. The van der Waals surface area contributed by atoms with Crippen LogP contribution in [-0.4, -0.2) is 19.6 Å². The van der Waals surface area contributed by atoms with Gasteiger partial charge in [0, 0.05) is 0 Å². The van der Waals surface area contributed by atoms with Gasteiger partial charge in [0.05, 0.1) is 0 Å². The van der Waals surface area contributed by atoms with Crippen molar-refractivity contribution in [1.29, 1.82) is 0 Å². The van der Waals surface area contributed by atoms with Crippen LogP contribution in [0.25, 0.3) is 10.6 Å². The van der Waals surface area contributed by atoms with Crippen LogP contribution >= 0.6 is 0 Å². The van der Waals surface area contributed by atoms with E-state index in [1.54, 1.807) is 0 Å². The fourth-order valence-corrected chi connectivity index (χ4v) is 4.30. The van der Waals surface area contributed by atoms with E-state index < -0.39 is 0 Å². The zero-order chi connectivity index (χ0) is 21.8. The van der Waals surface area contributed by atoms with Crippen LogP contribution in [0.5, 0.6) is 0 Å². The third kappa shape index (κ3) is 11.8. The van der Waals surface area contributed by atoms with Crippen molar-refractivity contribution in [1.82, 2.24) is 0 Å². The molecule has 0 aromatic heterocycles. The fourth-order valence-electron chi connectivity index (χ4n) is 4.30. The van der Waals surface area contributed by atoms with Gasteiger partial charge in [-0.05, 0) is 30.1 Å². The Bertz CT molecular complexity index is 596. The Hall–Kier alpha value is -1.03. The van der Waals surface area contributed by atoms with E-state index >= 15 is 0 Å². The van der Waals surface area contributed by atoms with Crippen molar-refractivity contribution in [2.45, 2.75) is 67.5 Å². The smallest absolute Gasteiger partial charge is 0.659 e. The quantitative estimate of drug-likeness (QED) is 0.295. The van der Waals surface area contributed by atoms with Gasteiger partial charge in [0.1, 0.15) is 0 Å². The molecule has 192 valence electrons. The van der Waals surface area contributed by atoms with Crippen molar-refractivity contribution in [2.75, 3.05) is 14.1 Å². The Morgan fingerprint density at radius 2 is 0.939 bits per heavy atom. The first-order valence-corrected chi connectivity index (χ1v) is 11.3. The molecule has 2 aromatic rings. The maximum absolute atomic E-state index is 4.51. The van der Waals surface area contributed by atoms with Crippen LogP contribution in [0.15, 0.2) is 60.7 Å². The summed E-state index contributed by atoms with van der Waals surface area (Å²) in [4.78, 5) is 0. The van der Waals surface area contributed by atoms with E-state index in [0.29, 0.717) is 0 Å². The fraction of sp³-hybridized carbons (Fsp3) is 0.552. The molecule has 0 amide bonds. The molecule has 0 saturated heterocycles. The third-order valence-electron chi connectivity index (χ3n) is 6.51. The molecule has 0 aliphatic heterocycles. The summed E-state index contributed by atoms with van der Waals surface area (Å²) >= 11 is 0. The van der Waals surface area contributed by atoms with E-state index in [1.165, 1.54) is 17.5 Å². The van der Waals surface area contributed by atoms with Gasteiger partial charge >= 0.3 is 20.1 Å². The van der Waals surface area contributed by atoms with Crippen LogP contribution in [0.4, 0.5) is 0 Å². The minimum absolute atomic E-state index is 0. The van der Waals surface area contributed by atoms with Crippen molar-refractivity contribution >= 4 is 0 Å². The molecule has 1 saturated carbocycles. The molecular formula is C29H51IrN2O. The summed E-state index contributed by atoms with van der Waals surface area (Å²) in [6.45, 7) is 13.5. The van der Waals surface area contributed by atoms with Gasteiger partial charge in [-0.1, -0.05) is 121 Å². The normalized spacial score (nSPS) is 22.1. The average Bonchev–Trinajstić information content (AvgIpc) is 3.00. The van der Waals surface area contributed by atoms with Crippen LogP contribution in [0.1, 0.15) is 78.6 Å². The predicted molar refractivity (Wildman–Crippen MR) is 146 cm³/mol. The summed E-state index contributed by atoms with van der Waals surface area (Å²) in [7, 11) is 3.72. The summed E-state index contributed by atoms with van der Waals surface area (Å²) in [5, 5.41) is 9.02. The maximum atomic E-state index is 4.51. The minimum atomic E-state index is 0. The molecule has 0 bridgehead atoms. The van der Waals surface area contributed by atoms with Crippen molar-refractivity contribution < 1.29 is 25.6 Å². The zero-order valence-electron chi connectivity index (χ0n) is 21.7. The molecule has 1 fully saturated rings. The predicted octanol–water partition coefficient (Wildman–Crippen LogP) is 8.70. The molecule has 0 heterocycles. The Morgan fingerprint density at radius 1 is 0.667 bits per heavy atom. The number of nitrogens with zero attached hydrogens (tertiary/aromatic N) is 2. The topological polar surface area (TPSA) is 59.7 Å². The Balaban J connectivity index is -0.000000243. The van der Waals surface area contributed by atoms with Crippen LogP contribution in [0, 0.1) is 31.1 Å². The molecule has 4 heteroatoms. The minimum Gasteiger partial charge on any atom is -0.659 e. The van der Waals surface area contributed by atoms with Gasteiger partial charge < -0.3 is 23.5 Å². The largest absolute Gasteiger partial charge is 3.00 e. The molecule has 1 aliphatic carbocycles. The second-order valence-electron chi connectivity index (χ2n) is 8.14. The first-order valence-electron chi connectivity index (χ1n) is 11.3. The molecule has 6 atom stereocenters. The van der Waals surface area contributed by atoms with Crippen molar-refractivity contribution in [3.8, 4) is 0 Å². The van der Waals surface area contributed by atoms with Gasteiger partial charge in [-0.3, -0.25) is 0 Å². The van der Waals surface area contributed by atoms with E-state index in [2.05, 4.69) is 62.6 Å². The van der Waals surface area contributed by atoms with Crippen LogP contribution in [0.3, 0.4) is 0 Å². The summed E-state index contributed by atoms with van der Waals surface area (Å²) in [5.41, 5.74) is 2.42. The van der Waals surface area contributed by atoms with Gasteiger partial charge in [-0.25, -0.2) is 0 Å². The van der Waals surface area contributed by atoms with Crippen LogP contribution in [0.2, 0.25) is 0 Å². The summed E-state index contributed by atoms with van der Waals surface area (Å²) in [6, 6.07) is 20.8. The Morgan fingerprint density at radius 3 is 1.12 bits per heavy atom. The molecule has 2 aromatic carbocycles. The first-order chi connectivity index (χ1) is 14.0. The Labute approximate surface area is 220 Å². The van der Waals surface area contributed by atoms with Gasteiger partial charge in [0.15, 0.2) is 0 Å². The molecule has 0 radical (unpaired) electrons. The van der Waals surface area contributed by atoms with E-state index in [0.717, 1.165) is 23.7 Å². The first kappa shape index (κ1) is 39.2. The number of rotatable bonds is 5. The molecule has 3 nitrogen and oxygen atoms in total. The SMILES string of the molecule is C.CC.CC1CC(C)C(C)C1C.C[N-][C@H](c1ccccc1)[C@H]([N-]C)c1ccccc1.O.[CH3-].[Ir+3]. The van der Waals surface area contributed by atoms with E-state index in [-0.39, 0.29) is 52.5 Å². The maximum Gasteiger partial charge on any atom is 3.00 e. The molecule has 1 aliphatic rings. The summed E-state index contributed by atoms with van der Waals surface area (Å²) in [6.07, 6.45) is 1.45. The second kappa shape index (κ2) is 21.5. The van der Waals surface area contributed by atoms with Crippen LogP contribution < -0.4 is 0 Å². The van der Waals surface area contributed by atoms with Gasteiger partial charge in [-0.2, -0.15) is 14.1 Å². The van der Waals surface area contributed by atoms with Crippen molar-refractivity contribution in [3.05, 3.63) is 89.9 Å². The number of benzene rings is 2. The van der Waals surface area contributed by atoms with Crippen molar-refractivity contribution in [3.63, 3.8) is 0 Å². The molecular weight excluding hydrogens is 585 g/mol. The van der Waals surface area contributed by atoms with E-state index in [4.69, 9.17) is 0 Å². The molecule has 33 heavy (non-hydrogen) atoms. The van der Waals surface area contributed by atoms with Gasteiger partial charge in [-0.15, -0.1) is 12.1 Å². The van der Waals surface area contributed by atoms with Gasteiger partial charge in [0.25, 0.3) is 0 Å². The summed E-state index contributed by atoms with van der Waals surface area (Å²) in [5.74, 6) is 3.85. The molecule has 3 rings (SSSR count). The summed E-state index contributed by atoms with van der Waals surface area (Å²) < 4.78 is 0. The van der Waals surface area contributed by atoms with E-state index in [9.17, 15) is 0 Å². The number of likely N-dealkylation sites (N-methyl/N-ethyl adjacent to an activating group) is 2. The Kier molecular flexibility index (Phi) is 25.5. The monoisotopic (exact) mass is 636 g/mol. The number of hydrogen-bond acceptors (Lipinski definition) is 0. The number of hydrogen-bond donors (Lipinski definition) is 0. The van der Waals surface area contributed by atoms with E-state index in [1.807, 2.05) is 64.3 Å². The standard InChI is InChI=1S/C16H18N2.C9H18.C2H6.CH4.CH3.Ir.H2O/c1-17-15(13-9-5-3-6-10-13)16(18-2)14-11-7-4-8-12-14;1-6-5-7(2)9(4)8(6)3;1-2;;;;/h3-12,15-16H,1-2H3;6-9H,5H2,1-4H3;1-2H3;1H4;1H3;;1H2/q-2;;;;-1;+3;/t15-,16-;;;;;;/m1....../s1. The van der Waals surface area contributed by atoms with Crippen LogP contribution in [-0.2, 0) is 20.1 Å². The molecule has 4 unspecified atom stereocenters. The average molecular weight is 636 g/mol. The zero-order valence-corrected chi connectivity index (χ0v) is 24.1. The van der Waals surface area contributed by atoms with Gasteiger partial charge in [0.2, 0.25) is 0 Å². The molecule has 2 N–H and O–H groups in total. The second-order valence-corrected chi connectivity index (χ2v) is 8.14.